The number of hydrogen-bond donors (Lipinski definition) is 0. The van der Waals surface area contributed by atoms with Gasteiger partial charge in [0.15, 0.2) is 0 Å². The van der Waals surface area contributed by atoms with E-state index in [1.54, 1.807) is 22.3 Å². The van der Waals surface area contributed by atoms with E-state index in [4.69, 9.17) is 14.2 Å². The Balaban J connectivity index is 1.61. The van der Waals surface area contributed by atoms with Crippen LogP contribution in [0.2, 0.25) is 0 Å². The predicted octanol–water partition coefficient (Wildman–Crippen LogP) is 7.78. The molecule has 0 atom stereocenters. The number of ether oxygens (including phenoxy) is 3. The van der Waals surface area contributed by atoms with Gasteiger partial charge in [0.05, 0.1) is 37.3 Å². The minimum atomic E-state index is -0.350. The van der Waals surface area contributed by atoms with Crippen molar-refractivity contribution in [3.63, 3.8) is 0 Å². The van der Waals surface area contributed by atoms with Gasteiger partial charge >= 0.3 is 0 Å². The number of rotatable bonds is 10. The van der Waals surface area contributed by atoms with Crippen LogP contribution in [-0.4, -0.2) is 37.6 Å². The van der Waals surface area contributed by atoms with Gasteiger partial charge in [-0.1, -0.05) is 38.2 Å². The molecule has 192 valence electrons. The maximum atomic E-state index is 8.32. The summed E-state index contributed by atoms with van der Waals surface area (Å²) in [5.41, 5.74) is 5.65. The Labute approximate surface area is 213 Å². The Morgan fingerprint density at radius 2 is 0.914 bits per heavy atom. The minimum Gasteiger partial charge on any atom is -0.380 e. The maximum Gasteiger partial charge on any atom is 0.122 e. The van der Waals surface area contributed by atoms with Crippen molar-refractivity contribution in [1.82, 2.24) is 0 Å². The summed E-state index contributed by atoms with van der Waals surface area (Å²) in [7, 11) is 0. The van der Waals surface area contributed by atoms with E-state index in [9.17, 15) is 0 Å². The Hall–Kier alpha value is -1.16. The second-order valence-corrected chi connectivity index (χ2v) is 12.2. The molecule has 2 fully saturated rings. The molecule has 0 unspecified atom stereocenters. The zero-order valence-electron chi connectivity index (χ0n) is 22.3. The minimum absolute atomic E-state index is 0.0302. The molecule has 2 heterocycles. The number of allylic oxidation sites excluding steroid dienone is 4. The van der Waals surface area contributed by atoms with E-state index in [0.29, 0.717) is 0 Å². The molecule has 6 rings (SSSR count). The van der Waals surface area contributed by atoms with E-state index >= 15 is 0 Å². The van der Waals surface area contributed by atoms with Crippen LogP contribution < -0.4 is 0 Å². The summed E-state index contributed by atoms with van der Waals surface area (Å²) in [5, 5.41) is 0. The van der Waals surface area contributed by atoms with Gasteiger partial charge in [0.1, 0.15) is 11.2 Å². The Morgan fingerprint density at radius 3 is 1.09 bits per heavy atom. The lowest BCUT2D eigenvalue weighted by atomic mass is 9.57. The van der Waals surface area contributed by atoms with Gasteiger partial charge in [0.2, 0.25) is 0 Å². The van der Waals surface area contributed by atoms with Crippen molar-refractivity contribution in [2.45, 2.75) is 115 Å². The van der Waals surface area contributed by atoms with Gasteiger partial charge < -0.3 is 14.2 Å². The average molecular weight is 479 g/mol. The molecule has 0 saturated carbocycles. The van der Waals surface area contributed by atoms with Gasteiger partial charge in [-0.15, -0.1) is 0 Å². The monoisotopic (exact) mass is 478 g/mol. The second kappa shape index (κ2) is 9.30. The molecule has 0 bridgehead atoms. The van der Waals surface area contributed by atoms with Crippen molar-refractivity contribution in [3.8, 4) is 0 Å². The lowest BCUT2D eigenvalue weighted by Crippen LogP contribution is -2.70. The third kappa shape index (κ3) is 3.33. The molecular formula is C32H46O3. The molecule has 2 aliphatic heterocycles. The normalized spacial score (nSPS) is 27.7. The van der Waals surface area contributed by atoms with Gasteiger partial charge in [0.25, 0.3) is 0 Å². The fourth-order valence-electron chi connectivity index (χ4n) is 8.46. The molecule has 0 amide bonds. The van der Waals surface area contributed by atoms with Crippen molar-refractivity contribution in [3.05, 3.63) is 46.6 Å². The van der Waals surface area contributed by atoms with E-state index in [2.05, 4.69) is 38.2 Å². The molecule has 3 nitrogen and oxygen atoms in total. The quantitative estimate of drug-likeness (QED) is 0.300. The van der Waals surface area contributed by atoms with Crippen LogP contribution in [0.15, 0.2) is 46.6 Å². The average Bonchev–Trinajstić information content (AvgIpc) is 3.65. The topological polar surface area (TPSA) is 27.7 Å². The molecule has 0 N–H and O–H groups in total. The molecule has 2 saturated heterocycles. The van der Waals surface area contributed by atoms with Crippen molar-refractivity contribution in [2.24, 2.45) is 10.8 Å². The summed E-state index contributed by atoms with van der Waals surface area (Å²) in [4.78, 5) is 0. The van der Waals surface area contributed by atoms with Gasteiger partial charge in [-0.25, -0.2) is 0 Å². The largest absolute Gasteiger partial charge is 0.380 e. The first-order valence-electron chi connectivity index (χ1n) is 14.8. The predicted molar refractivity (Wildman–Crippen MR) is 141 cm³/mol. The summed E-state index contributed by atoms with van der Waals surface area (Å²) in [6.07, 6.45) is 27.0. The Morgan fingerprint density at radius 1 is 0.600 bits per heavy atom. The highest BCUT2D eigenvalue weighted by Crippen LogP contribution is 2.64. The van der Waals surface area contributed by atoms with E-state index in [-0.39, 0.29) is 22.0 Å². The third-order valence-corrected chi connectivity index (χ3v) is 10.6. The highest BCUT2D eigenvalue weighted by Gasteiger charge is 2.68. The third-order valence-electron chi connectivity index (χ3n) is 10.6. The van der Waals surface area contributed by atoms with E-state index in [1.807, 2.05) is 0 Å². The lowest BCUT2D eigenvalue weighted by Gasteiger charge is -2.64. The fourth-order valence-corrected chi connectivity index (χ4v) is 8.46. The van der Waals surface area contributed by atoms with E-state index in [1.165, 1.54) is 77.0 Å². The van der Waals surface area contributed by atoms with Crippen LogP contribution >= 0.6 is 0 Å². The Bertz CT molecular complexity index is 805. The van der Waals surface area contributed by atoms with Gasteiger partial charge in [0, 0.05) is 0 Å². The zero-order valence-corrected chi connectivity index (χ0v) is 22.3. The highest BCUT2D eigenvalue weighted by atomic mass is 16.6. The highest BCUT2D eigenvalue weighted by molar-refractivity contribution is 5.47. The van der Waals surface area contributed by atoms with Crippen LogP contribution in [0.1, 0.15) is 104 Å². The molecule has 0 spiro atoms. The first-order valence-corrected chi connectivity index (χ1v) is 14.8. The second-order valence-electron chi connectivity index (χ2n) is 12.2. The van der Waals surface area contributed by atoms with Crippen molar-refractivity contribution < 1.29 is 14.2 Å². The first-order chi connectivity index (χ1) is 17.2. The Kier molecular flexibility index (Phi) is 6.43. The van der Waals surface area contributed by atoms with Crippen molar-refractivity contribution in [1.29, 1.82) is 0 Å². The van der Waals surface area contributed by atoms with Crippen molar-refractivity contribution >= 4 is 0 Å². The summed E-state index contributed by atoms with van der Waals surface area (Å²) in [6.45, 7) is 8.06. The smallest absolute Gasteiger partial charge is 0.122 e. The van der Waals surface area contributed by atoms with Gasteiger partial charge in [-0.3, -0.25) is 0 Å². The molecule has 6 aliphatic rings. The van der Waals surface area contributed by atoms with E-state index < -0.39 is 0 Å². The summed E-state index contributed by atoms with van der Waals surface area (Å²) < 4.78 is 20.5. The van der Waals surface area contributed by atoms with Gasteiger partial charge in [-0.2, -0.15) is 0 Å². The van der Waals surface area contributed by atoms with Crippen LogP contribution in [0.3, 0.4) is 0 Å². The van der Waals surface area contributed by atoms with Gasteiger partial charge in [-0.05, 0) is 112 Å². The summed E-state index contributed by atoms with van der Waals surface area (Å²) in [5.74, 6) is 0. The van der Waals surface area contributed by atoms with Crippen LogP contribution in [0.25, 0.3) is 0 Å². The summed E-state index contributed by atoms with van der Waals surface area (Å²) >= 11 is 0. The summed E-state index contributed by atoms with van der Waals surface area (Å²) in [6, 6.07) is 0. The van der Waals surface area contributed by atoms with Crippen LogP contribution in [-0.2, 0) is 14.2 Å². The first kappa shape index (κ1) is 24.2. The van der Waals surface area contributed by atoms with Crippen LogP contribution in [0.4, 0.5) is 0 Å². The standard InChI is InChI=1S/C32H46O3/c1-3-29(21-33-22-29)31(25-13-5-6-14-25,26-15-7-8-16-26)35-32(27-17-9-10-18-27,28-19-11-12-20-28)30(4-2)23-34-24-30/h13,15,17,19H,3-12,14,16,18,20-24H2,1-2H3. The van der Waals surface area contributed by atoms with E-state index in [0.717, 1.165) is 39.3 Å². The molecule has 0 aromatic heterocycles. The SMILES string of the molecule is CCC1(C(OC(C2=CCCC2)(C2=CCCC2)C2(CC)COC2)(C2=CCCC2)C2=CCCC2)COC1. The van der Waals surface area contributed by atoms with Crippen LogP contribution in [0, 0.1) is 10.8 Å². The zero-order chi connectivity index (χ0) is 24.0. The fraction of sp³-hybridized carbons (Fsp3) is 0.750. The van der Waals surface area contributed by atoms with Crippen LogP contribution in [0.5, 0.6) is 0 Å². The molecule has 4 aliphatic carbocycles. The molecule has 0 aromatic carbocycles. The maximum absolute atomic E-state index is 8.32. The number of hydrogen-bond acceptors (Lipinski definition) is 3. The lowest BCUT2D eigenvalue weighted by molar-refractivity contribution is -0.288. The molecule has 0 aromatic rings. The van der Waals surface area contributed by atoms with Crippen molar-refractivity contribution in [2.75, 3.05) is 26.4 Å². The molecule has 35 heavy (non-hydrogen) atoms. The molecule has 0 radical (unpaired) electrons. The molecular weight excluding hydrogens is 432 g/mol. The molecule has 3 heteroatoms.